The molecule has 2 N–H and O–H groups in total. The second-order valence-electron chi connectivity index (χ2n) is 6.10. The van der Waals surface area contributed by atoms with E-state index in [1.165, 1.54) is 0 Å². The number of carbonyl (C=O) groups excluding carboxylic acids is 1. The van der Waals surface area contributed by atoms with Crippen LogP contribution in [0.1, 0.15) is 17.8 Å². The fraction of sp³-hybridized carbons (Fsp3) is 0.733. The monoisotopic (exact) mass is 324 g/mol. The Morgan fingerprint density at radius 3 is 2.86 bits per heavy atom. The van der Waals surface area contributed by atoms with Gasteiger partial charge in [0.15, 0.2) is 0 Å². The van der Waals surface area contributed by atoms with Crippen molar-refractivity contribution in [1.29, 1.82) is 0 Å². The molecule has 22 heavy (non-hydrogen) atoms. The molecule has 2 saturated heterocycles. The van der Waals surface area contributed by atoms with E-state index >= 15 is 0 Å². The van der Waals surface area contributed by atoms with Gasteiger partial charge in [-0.2, -0.15) is 0 Å². The summed E-state index contributed by atoms with van der Waals surface area (Å²) < 4.78 is 5.45. The van der Waals surface area contributed by atoms with E-state index in [0.717, 1.165) is 63.8 Å². The highest BCUT2D eigenvalue weighted by atomic mass is 32.1. The molecule has 0 bridgehead atoms. The predicted molar refractivity (Wildman–Crippen MR) is 85.5 cm³/mol. The number of ether oxygens (including phenoxy) is 1. The summed E-state index contributed by atoms with van der Waals surface area (Å²) >= 11 is 1.66. The SMILES string of the molecule is NC(=O)[C@@H]1CN(Cc2nccs2)CCN(C2CCOCC2)C1. The highest BCUT2D eigenvalue weighted by Gasteiger charge is 2.31. The maximum Gasteiger partial charge on any atom is 0.223 e. The maximum absolute atomic E-state index is 11.8. The van der Waals surface area contributed by atoms with Crippen LogP contribution in [0.15, 0.2) is 11.6 Å². The zero-order valence-corrected chi connectivity index (χ0v) is 13.6. The number of aromatic nitrogens is 1. The maximum atomic E-state index is 11.8. The molecular weight excluding hydrogens is 300 g/mol. The molecule has 0 aliphatic carbocycles. The van der Waals surface area contributed by atoms with Crippen molar-refractivity contribution in [3.63, 3.8) is 0 Å². The molecule has 1 aromatic heterocycles. The van der Waals surface area contributed by atoms with Gasteiger partial charge in [0.2, 0.25) is 5.91 Å². The molecule has 0 saturated carbocycles. The van der Waals surface area contributed by atoms with E-state index in [4.69, 9.17) is 10.5 Å². The Morgan fingerprint density at radius 2 is 2.18 bits per heavy atom. The van der Waals surface area contributed by atoms with Crippen molar-refractivity contribution in [2.45, 2.75) is 25.4 Å². The van der Waals surface area contributed by atoms with Gasteiger partial charge < -0.3 is 10.5 Å². The van der Waals surface area contributed by atoms with Crippen molar-refractivity contribution in [3.8, 4) is 0 Å². The summed E-state index contributed by atoms with van der Waals surface area (Å²) in [6, 6.07) is 0.524. The third-order valence-corrected chi connectivity index (χ3v) is 5.35. The Kier molecular flexibility index (Phi) is 5.41. The van der Waals surface area contributed by atoms with E-state index in [1.54, 1.807) is 11.3 Å². The van der Waals surface area contributed by atoms with Crippen molar-refractivity contribution in [2.24, 2.45) is 11.7 Å². The average Bonchev–Trinajstić information content (AvgIpc) is 2.93. The number of nitrogens with zero attached hydrogens (tertiary/aromatic N) is 3. The minimum atomic E-state index is -0.192. The number of carbonyl (C=O) groups is 1. The molecule has 2 aliphatic heterocycles. The van der Waals surface area contributed by atoms with Gasteiger partial charge in [0, 0.05) is 57.0 Å². The number of rotatable bonds is 4. The van der Waals surface area contributed by atoms with Crippen LogP contribution in [0.5, 0.6) is 0 Å². The summed E-state index contributed by atoms with van der Waals surface area (Å²) in [4.78, 5) is 20.9. The number of amides is 1. The first-order valence-electron chi connectivity index (χ1n) is 7.94. The van der Waals surface area contributed by atoms with Crippen molar-refractivity contribution in [2.75, 3.05) is 39.4 Å². The van der Waals surface area contributed by atoms with Crippen LogP contribution in [0.25, 0.3) is 0 Å². The largest absolute Gasteiger partial charge is 0.381 e. The number of primary amides is 1. The van der Waals surface area contributed by atoms with E-state index in [0.29, 0.717) is 6.04 Å². The lowest BCUT2D eigenvalue weighted by Gasteiger charge is -2.34. The van der Waals surface area contributed by atoms with Gasteiger partial charge >= 0.3 is 0 Å². The Balaban J connectivity index is 1.65. The standard InChI is InChI=1S/C15H24N4O2S/c16-15(20)12-9-18(11-14-17-3-8-22-14)4-5-19(10-12)13-1-6-21-7-2-13/h3,8,12-13H,1-2,4-7,9-11H2,(H2,16,20)/t12-/m1/s1. The topological polar surface area (TPSA) is 71.7 Å². The molecule has 3 heterocycles. The van der Waals surface area contributed by atoms with Crippen molar-refractivity contribution in [1.82, 2.24) is 14.8 Å². The lowest BCUT2D eigenvalue weighted by Crippen LogP contribution is -2.44. The van der Waals surface area contributed by atoms with Gasteiger partial charge in [0.25, 0.3) is 0 Å². The first-order chi connectivity index (χ1) is 10.7. The predicted octanol–water partition coefficient (Wildman–Crippen LogP) is 0.541. The van der Waals surface area contributed by atoms with Gasteiger partial charge in [0.05, 0.1) is 12.5 Å². The average molecular weight is 324 g/mol. The molecule has 0 spiro atoms. The lowest BCUT2D eigenvalue weighted by atomic mass is 10.0. The molecule has 1 aromatic rings. The minimum Gasteiger partial charge on any atom is -0.381 e. The fourth-order valence-corrected chi connectivity index (χ4v) is 3.99. The van der Waals surface area contributed by atoms with Crippen molar-refractivity contribution >= 4 is 17.2 Å². The molecule has 1 atom stereocenters. The zero-order valence-electron chi connectivity index (χ0n) is 12.8. The van der Waals surface area contributed by atoms with E-state index in [1.807, 2.05) is 11.6 Å². The molecule has 2 aliphatic rings. The van der Waals surface area contributed by atoms with Crippen LogP contribution in [0.4, 0.5) is 0 Å². The Labute approximate surface area is 135 Å². The summed E-state index contributed by atoms with van der Waals surface area (Å²) in [6.07, 6.45) is 3.94. The summed E-state index contributed by atoms with van der Waals surface area (Å²) in [5, 5.41) is 3.09. The smallest absolute Gasteiger partial charge is 0.223 e. The first-order valence-corrected chi connectivity index (χ1v) is 8.82. The van der Waals surface area contributed by atoms with E-state index in [2.05, 4.69) is 14.8 Å². The second-order valence-corrected chi connectivity index (χ2v) is 7.08. The summed E-state index contributed by atoms with van der Waals surface area (Å²) in [6.45, 7) is 5.91. The highest BCUT2D eigenvalue weighted by Crippen LogP contribution is 2.20. The van der Waals surface area contributed by atoms with Crippen LogP contribution < -0.4 is 5.73 Å². The van der Waals surface area contributed by atoms with Crippen molar-refractivity contribution in [3.05, 3.63) is 16.6 Å². The van der Waals surface area contributed by atoms with Crippen LogP contribution >= 0.6 is 11.3 Å². The number of nitrogens with two attached hydrogens (primary N) is 1. The molecule has 0 radical (unpaired) electrons. The molecular formula is C15H24N4O2S. The van der Waals surface area contributed by atoms with Crippen LogP contribution in [-0.4, -0.2) is 66.1 Å². The number of hydrogen-bond donors (Lipinski definition) is 1. The third-order valence-electron chi connectivity index (χ3n) is 4.59. The quantitative estimate of drug-likeness (QED) is 0.875. The summed E-state index contributed by atoms with van der Waals surface area (Å²) in [7, 11) is 0. The molecule has 1 amide bonds. The van der Waals surface area contributed by atoms with Gasteiger partial charge in [-0.25, -0.2) is 4.98 Å². The summed E-state index contributed by atoms with van der Waals surface area (Å²) in [5.74, 6) is -0.298. The van der Waals surface area contributed by atoms with E-state index < -0.39 is 0 Å². The molecule has 2 fully saturated rings. The third kappa shape index (κ3) is 4.04. The number of thiazole rings is 1. The molecule has 3 rings (SSSR count). The van der Waals surface area contributed by atoms with Gasteiger partial charge in [0.1, 0.15) is 5.01 Å². The number of hydrogen-bond acceptors (Lipinski definition) is 6. The zero-order chi connectivity index (χ0) is 15.4. The van der Waals surface area contributed by atoms with Crippen LogP contribution in [0.2, 0.25) is 0 Å². The minimum absolute atomic E-state index is 0.106. The van der Waals surface area contributed by atoms with Crippen LogP contribution in [0, 0.1) is 5.92 Å². The first kappa shape index (κ1) is 15.9. The Hall–Kier alpha value is -1.02. The van der Waals surface area contributed by atoms with Crippen LogP contribution in [0.3, 0.4) is 0 Å². The van der Waals surface area contributed by atoms with Gasteiger partial charge in [-0.15, -0.1) is 11.3 Å². The van der Waals surface area contributed by atoms with Gasteiger partial charge in [-0.3, -0.25) is 14.6 Å². The van der Waals surface area contributed by atoms with E-state index in [-0.39, 0.29) is 11.8 Å². The normalized spacial score (nSPS) is 25.9. The van der Waals surface area contributed by atoms with Crippen LogP contribution in [-0.2, 0) is 16.1 Å². The second kappa shape index (κ2) is 7.50. The Bertz CT molecular complexity index is 476. The molecule has 7 heteroatoms. The molecule has 0 unspecified atom stereocenters. The highest BCUT2D eigenvalue weighted by molar-refractivity contribution is 7.09. The molecule has 6 nitrogen and oxygen atoms in total. The molecule has 0 aromatic carbocycles. The summed E-state index contributed by atoms with van der Waals surface area (Å²) in [5.41, 5.74) is 5.63. The fourth-order valence-electron chi connectivity index (χ4n) is 3.33. The molecule has 122 valence electrons. The van der Waals surface area contributed by atoms with E-state index in [9.17, 15) is 4.79 Å². The van der Waals surface area contributed by atoms with Crippen molar-refractivity contribution < 1.29 is 9.53 Å². The Morgan fingerprint density at radius 1 is 1.36 bits per heavy atom. The lowest BCUT2D eigenvalue weighted by molar-refractivity contribution is -0.122. The van der Waals surface area contributed by atoms with Gasteiger partial charge in [-0.1, -0.05) is 0 Å². The van der Waals surface area contributed by atoms with Gasteiger partial charge in [-0.05, 0) is 12.8 Å².